The van der Waals surface area contributed by atoms with Crippen molar-refractivity contribution in [2.75, 3.05) is 67.1 Å². The Bertz CT molecular complexity index is 4900. The first kappa shape index (κ1) is 76.3. The highest BCUT2D eigenvalue weighted by atomic mass is 32.1. The van der Waals surface area contributed by atoms with Gasteiger partial charge in [0.2, 0.25) is 11.8 Å². The normalized spacial score (nSPS) is 24.4. The van der Waals surface area contributed by atoms with Gasteiger partial charge in [0.15, 0.2) is 18.1 Å². The molecule has 0 saturated carbocycles. The van der Waals surface area contributed by atoms with Crippen LogP contribution in [-0.4, -0.2) is 250 Å². The molecule has 6 amide bonds. The maximum Gasteiger partial charge on any atom is 0.358 e. The van der Waals surface area contributed by atoms with Crippen LogP contribution >= 0.6 is 56.7 Å². The molecule has 108 heavy (non-hydrogen) atoms. The number of carbonyl (C=O) groups excluding carboxylic acids is 8. The van der Waals surface area contributed by atoms with E-state index >= 15 is 19.2 Å². The fraction of sp³-hybridized carbons (Fsp3) is 0.418. The number of aromatic nitrogens is 7. The molecule has 2 fully saturated rings. The third-order valence-electron chi connectivity index (χ3n) is 18.7. The van der Waals surface area contributed by atoms with Gasteiger partial charge in [0.25, 0.3) is 23.6 Å². The summed E-state index contributed by atoms with van der Waals surface area (Å²) in [5.41, 5.74) is 2.79. The minimum atomic E-state index is -1.93. The third kappa shape index (κ3) is 15.7. The molecule has 2 saturated heterocycles. The van der Waals surface area contributed by atoms with Gasteiger partial charge in [-0.25, -0.2) is 39.5 Å². The average molecular weight is 1580 g/mol. The minimum Gasteiger partial charge on any atom is -0.506 e. The number of benzene rings is 1. The molecule has 0 aliphatic carbocycles. The summed E-state index contributed by atoms with van der Waals surface area (Å²) in [7, 11) is 4.83. The van der Waals surface area contributed by atoms with Gasteiger partial charge in [-0.1, -0.05) is 12.1 Å². The van der Waals surface area contributed by atoms with Crippen LogP contribution in [0.5, 0.6) is 5.75 Å². The Kier molecular flexibility index (Phi) is 22.2. The number of hydrogen-bond donors (Lipinski definition) is 11. The lowest BCUT2D eigenvalue weighted by Gasteiger charge is -2.48. The molecule has 41 heteroatoms. The molecule has 7 aromatic heterocycles. The van der Waals surface area contributed by atoms with Crippen LogP contribution in [0.2, 0.25) is 0 Å². The summed E-state index contributed by atoms with van der Waals surface area (Å²) in [6.45, 7) is 5.58. The van der Waals surface area contributed by atoms with Gasteiger partial charge in [-0.05, 0) is 59.5 Å². The van der Waals surface area contributed by atoms with Crippen molar-refractivity contribution in [3.8, 4) is 38.4 Å². The number of aromatic hydroxyl groups is 1. The van der Waals surface area contributed by atoms with E-state index in [2.05, 4.69) is 41.5 Å². The number of nitrogens with two attached hydrogens (primary N) is 1. The number of amides is 6. The molecular weight excluding hydrogens is 1510 g/mol. The number of esters is 2. The number of nitrogens with zero attached hydrogens (tertiary/aromatic N) is 10. The number of methoxy groups -OCH3 is 1. The topological polar surface area (TPSA) is 488 Å². The highest BCUT2D eigenvalue weighted by Crippen LogP contribution is 2.43. The molecule has 0 radical (unpaired) electrons. The lowest BCUT2D eigenvalue weighted by Crippen LogP contribution is -2.62. The van der Waals surface area contributed by atoms with E-state index in [0.717, 1.165) is 56.7 Å². The lowest BCUT2D eigenvalue weighted by atomic mass is 9.85. The van der Waals surface area contributed by atoms with Crippen LogP contribution in [0, 0.1) is 0 Å². The smallest absolute Gasteiger partial charge is 0.358 e. The molecule has 36 nitrogen and oxygen atoms in total. The summed E-state index contributed by atoms with van der Waals surface area (Å²) in [6, 6.07) is -0.646. The molecule has 5 aliphatic heterocycles. The highest BCUT2D eigenvalue weighted by molar-refractivity contribution is 7.14. The van der Waals surface area contributed by atoms with Gasteiger partial charge in [0, 0.05) is 82.6 Å². The Hall–Kier alpha value is -9.89. The quantitative estimate of drug-likeness (QED) is 0.0448. The number of aliphatic hydroxyl groups is 2. The van der Waals surface area contributed by atoms with E-state index in [1.165, 1.54) is 60.0 Å². The number of rotatable bonds is 13. The molecule has 12 N–H and O–H groups in total. The van der Waals surface area contributed by atoms with Crippen molar-refractivity contribution >= 4 is 127 Å². The number of aliphatic hydroxyl groups excluding tert-OH is 1. The predicted octanol–water partition coefficient (Wildman–Crippen LogP) is 2.45. The fourth-order valence-electron chi connectivity index (χ4n) is 13.5. The lowest BCUT2D eigenvalue weighted by molar-refractivity contribution is -0.280. The number of ether oxygens (including phenoxy) is 6. The van der Waals surface area contributed by atoms with Crippen LogP contribution in [0.1, 0.15) is 125 Å². The van der Waals surface area contributed by atoms with Crippen LogP contribution < -0.4 is 32.3 Å². The molecular formula is C67H72N16O20S5. The van der Waals surface area contributed by atoms with Crippen molar-refractivity contribution in [1.29, 1.82) is 0 Å². The first-order valence-electron chi connectivity index (χ1n) is 33.5. The highest BCUT2D eigenvalue weighted by Gasteiger charge is 2.50. The molecule has 5 aliphatic rings. The van der Waals surface area contributed by atoms with Crippen molar-refractivity contribution < 1.29 is 97.2 Å². The zero-order chi connectivity index (χ0) is 76.9. The molecule has 12 heterocycles. The Morgan fingerprint density at radius 1 is 0.824 bits per heavy atom. The molecule has 570 valence electrons. The largest absolute Gasteiger partial charge is 0.506 e. The Morgan fingerprint density at radius 2 is 1.48 bits per heavy atom. The van der Waals surface area contributed by atoms with Crippen LogP contribution in [0.15, 0.2) is 56.9 Å². The first-order chi connectivity index (χ1) is 51.5. The van der Waals surface area contributed by atoms with Gasteiger partial charge in [0.1, 0.15) is 126 Å². The summed E-state index contributed by atoms with van der Waals surface area (Å²) in [6.07, 6.45) is -7.63. The van der Waals surface area contributed by atoms with Gasteiger partial charge in [-0.3, -0.25) is 43.4 Å². The number of piperazine rings is 1. The van der Waals surface area contributed by atoms with Crippen LogP contribution in [-0.2, 0) is 60.8 Å². The monoisotopic (exact) mass is 1580 g/mol. The number of nitrogens with one attached hydrogen (secondary N) is 5. The number of allylic oxidation sites excluding steroid dienone is 1. The number of aliphatic carboxylic acids is 1. The Morgan fingerprint density at radius 3 is 2.19 bits per heavy atom. The summed E-state index contributed by atoms with van der Waals surface area (Å²) in [4.78, 5) is 161. The van der Waals surface area contributed by atoms with Gasteiger partial charge in [-0.15, -0.1) is 56.7 Å². The number of fused-ring (bicyclic) bond motifs is 15. The van der Waals surface area contributed by atoms with E-state index in [0.29, 0.717) is 30.9 Å². The zero-order valence-electron chi connectivity index (χ0n) is 58.5. The molecule has 12 bridgehead atoms. The molecule has 8 aromatic rings. The molecule has 1 unspecified atom stereocenters. The van der Waals surface area contributed by atoms with Gasteiger partial charge in [-0.2, -0.15) is 4.73 Å². The number of carboxylic acid groups (broad SMARTS) is 1. The van der Waals surface area contributed by atoms with Crippen molar-refractivity contribution in [2.24, 2.45) is 5.73 Å². The standard InChI is InChI=1S/C67H72N16O20S5/c1-27(84)45-59(93)78-46(28(2)98-7)62-73-39(26-106-62)58(92)79-49-51-52(103-43-16-67(4,96)53(80(5)6)29(3)102-43)66(95)100-19-30-9-8-10-40-44(30)32(20-99-51)50(83(40)97)65(94)101-21-34(70-56(90)37-25-108-64(49)75-37)61-71-35(22-105-61)47-31(60-72-38(23-104-60)57(91)77-45)15-41(85)48(76-47)63-74-36(24-107-63)55(89)69-33(54(68)88)17-81-11-13-82(14-12-81)18-42(86)87/h8-10,15,22-27,29,33-34,43,45,49,51-53,84-85,96-97H,11-14,16-21H2,1-7H3,(H2,68,88)(H,69,89)(H,70,90)(H,77,91)(H,78,93)(H,79,92)(H,86,87)/b46-28+/t27-,29+,33?,34+,43+,45+,49+,51+,52+,53-,67+/m1/s1. The number of pyridine rings is 1. The number of carbonyl (C=O) groups is 9. The molecule has 1 aromatic carbocycles. The summed E-state index contributed by atoms with van der Waals surface area (Å²) >= 11 is 4.44. The van der Waals surface area contributed by atoms with Gasteiger partial charge in [0.05, 0.1) is 49.6 Å². The van der Waals surface area contributed by atoms with Crippen molar-refractivity contribution in [2.45, 2.75) is 114 Å². The summed E-state index contributed by atoms with van der Waals surface area (Å²) in [5.74, 6) is -9.14. The van der Waals surface area contributed by atoms with Crippen LogP contribution in [0.25, 0.3) is 49.3 Å². The van der Waals surface area contributed by atoms with Crippen molar-refractivity contribution in [1.82, 2.24) is 75.9 Å². The van der Waals surface area contributed by atoms with E-state index in [-0.39, 0.29) is 123 Å². The molecule has 11 atom stereocenters. The van der Waals surface area contributed by atoms with Crippen LogP contribution in [0.3, 0.4) is 0 Å². The number of likely N-dealkylation sites (N-methyl/N-ethyl adjacent to an activating group) is 1. The van der Waals surface area contributed by atoms with Crippen molar-refractivity contribution in [3.63, 3.8) is 0 Å². The third-order valence-corrected chi connectivity index (χ3v) is 23.1. The second-order valence-electron chi connectivity index (χ2n) is 26.4. The van der Waals surface area contributed by atoms with Gasteiger partial charge >= 0.3 is 17.9 Å². The number of thiazole rings is 5. The Balaban J connectivity index is 0.938. The summed E-state index contributed by atoms with van der Waals surface area (Å²) < 4.78 is 38.3. The average Bonchev–Trinajstić information content (AvgIpc) is 1.57. The number of primary amides is 1. The second-order valence-corrected chi connectivity index (χ2v) is 30.8. The van der Waals surface area contributed by atoms with Crippen molar-refractivity contribution in [3.05, 3.63) is 112 Å². The Labute approximate surface area is 632 Å². The maximum absolute atomic E-state index is 15.2. The van der Waals surface area contributed by atoms with E-state index in [4.69, 9.17) is 49.1 Å². The maximum atomic E-state index is 15.2. The van der Waals surface area contributed by atoms with E-state index in [1.807, 2.05) is 4.90 Å². The SMILES string of the molecule is CO/C(C)=C1/NC(=O)[C@H]([C@@H](C)O)NC(=O)c2csc(n2)-c2cc(O)c(-c3nc(C(=O)NC(CN4CCN(CC(=O)O)CC4)C(N)=O)cs3)nc2-c2csc(n2)[C@@H]2COC(=O)c3c4c5c(cccc5n3O)COC(=O)[C@@H](O[C@H]3C[C@](C)(O)[C@H](N(C)C)[C@H](C)O3)[C@@H](OC4)[C@H](NC(=O)c3csc1n3)c1nc(cs1)C(=O)N2. The van der Waals surface area contributed by atoms with E-state index < -0.39 is 151 Å². The van der Waals surface area contributed by atoms with E-state index in [1.54, 1.807) is 49.9 Å². The number of carboxylic acids is 1. The fourth-order valence-corrected chi connectivity index (χ4v) is 17.7. The summed E-state index contributed by atoms with van der Waals surface area (Å²) in [5, 5.41) is 77.4. The number of hydrogen-bond acceptors (Lipinski definition) is 33. The molecule has 13 rings (SSSR count). The van der Waals surface area contributed by atoms with Crippen LogP contribution in [0.4, 0.5) is 0 Å². The second kappa shape index (κ2) is 31.4. The van der Waals surface area contributed by atoms with E-state index in [9.17, 15) is 49.6 Å². The molecule has 0 spiro atoms. The first-order valence-corrected chi connectivity index (χ1v) is 37.9. The minimum absolute atomic E-state index is 0.000303. The van der Waals surface area contributed by atoms with Gasteiger partial charge < -0.3 is 91.3 Å². The zero-order valence-corrected chi connectivity index (χ0v) is 62.6. The predicted molar refractivity (Wildman–Crippen MR) is 385 cm³/mol. The number of cyclic esters (lactones) is 2.